The van der Waals surface area contributed by atoms with E-state index in [1.807, 2.05) is 42.5 Å². The molecule has 108 valence electrons. The second-order valence-corrected chi connectivity index (χ2v) is 5.96. The lowest BCUT2D eigenvalue weighted by Gasteiger charge is -2.09. The van der Waals surface area contributed by atoms with Crippen molar-refractivity contribution < 1.29 is 9.57 Å². The third-order valence-corrected chi connectivity index (χ3v) is 3.84. The lowest BCUT2D eigenvalue weighted by Crippen LogP contribution is -2.19. The maximum absolute atomic E-state index is 5.83. The predicted molar refractivity (Wildman–Crippen MR) is 87.1 cm³/mol. The molecule has 5 heteroatoms. The van der Waals surface area contributed by atoms with E-state index >= 15 is 0 Å². The highest BCUT2D eigenvalue weighted by Crippen LogP contribution is 2.21. The molecule has 1 atom stereocenters. The molecule has 0 spiro atoms. The van der Waals surface area contributed by atoms with Gasteiger partial charge in [-0.3, -0.25) is 10.3 Å². The second kappa shape index (κ2) is 6.52. The van der Waals surface area contributed by atoms with Gasteiger partial charge in [0.25, 0.3) is 0 Å². The van der Waals surface area contributed by atoms with Gasteiger partial charge in [0.1, 0.15) is 18.5 Å². The smallest absolute Gasteiger partial charge is 0.140 e. The van der Waals surface area contributed by atoms with E-state index in [1.54, 1.807) is 12.1 Å². The Hall–Kier alpha value is -1.49. The lowest BCUT2D eigenvalue weighted by molar-refractivity contribution is 0.0235. The normalized spacial score (nSPS) is 17.2. The molecule has 0 unspecified atom stereocenters. The van der Waals surface area contributed by atoms with Crippen molar-refractivity contribution in [2.75, 3.05) is 6.61 Å². The van der Waals surface area contributed by atoms with Gasteiger partial charge in [-0.2, -0.15) is 0 Å². The van der Waals surface area contributed by atoms with Crippen molar-refractivity contribution in [2.45, 2.75) is 6.10 Å². The van der Waals surface area contributed by atoms with Crippen LogP contribution in [0.5, 0.6) is 5.75 Å². The van der Waals surface area contributed by atoms with Crippen LogP contribution in [0.3, 0.4) is 0 Å². The van der Waals surface area contributed by atoms with Crippen LogP contribution < -0.4 is 10.2 Å². The number of ether oxygens (including phenoxy) is 1. The molecule has 0 aliphatic carbocycles. The summed E-state index contributed by atoms with van der Waals surface area (Å²) in [6.07, 6.45) is 1.89. The van der Waals surface area contributed by atoms with Crippen LogP contribution in [0.15, 0.2) is 59.1 Å². The van der Waals surface area contributed by atoms with Crippen LogP contribution in [0, 0.1) is 0 Å². The minimum atomic E-state index is -0.126. The van der Waals surface area contributed by atoms with Gasteiger partial charge in [-0.15, -0.1) is 0 Å². The number of nitrogens with one attached hydrogen (secondary N) is 1. The Labute approximate surface area is 136 Å². The molecular weight excluding hydrogens is 354 g/mol. The standard InChI is InChI=1S/C16H13BrClNO2/c17-12-3-1-11(2-4-12)16-9-15(21-19-16)10-20-14-7-5-13(18)6-8-14/h1-9,15,19H,10H2/t15-/m0/s1. The first kappa shape index (κ1) is 14.4. The number of benzene rings is 2. The highest BCUT2D eigenvalue weighted by atomic mass is 79.9. The van der Waals surface area contributed by atoms with Gasteiger partial charge >= 0.3 is 0 Å². The highest BCUT2D eigenvalue weighted by molar-refractivity contribution is 9.10. The van der Waals surface area contributed by atoms with Crippen molar-refractivity contribution in [1.29, 1.82) is 0 Å². The van der Waals surface area contributed by atoms with E-state index < -0.39 is 0 Å². The van der Waals surface area contributed by atoms with Crippen LogP contribution in [0.1, 0.15) is 5.56 Å². The van der Waals surface area contributed by atoms with Gasteiger partial charge in [-0.25, -0.2) is 0 Å². The van der Waals surface area contributed by atoms with Crippen LogP contribution in [-0.4, -0.2) is 12.7 Å². The van der Waals surface area contributed by atoms with E-state index in [0.717, 1.165) is 21.5 Å². The molecule has 0 amide bonds. The average molecular weight is 367 g/mol. The van der Waals surface area contributed by atoms with Crippen LogP contribution in [-0.2, 0) is 4.84 Å². The summed E-state index contributed by atoms with van der Waals surface area (Å²) >= 11 is 9.26. The molecule has 2 aromatic rings. The Bertz CT molecular complexity index is 640. The van der Waals surface area contributed by atoms with Crippen molar-refractivity contribution in [2.24, 2.45) is 0 Å². The van der Waals surface area contributed by atoms with E-state index in [0.29, 0.717) is 11.6 Å². The largest absolute Gasteiger partial charge is 0.490 e. The molecule has 0 aromatic heterocycles. The lowest BCUT2D eigenvalue weighted by atomic mass is 10.1. The van der Waals surface area contributed by atoms with Crippen molar-refractivity contribution in [1.82, 2.24) is 5.48 Å². The maximum Gasteiger partial charge on any atom is 0.140 e. The van der Waals surface area contributed by atoms with Crippen molar-refractivity contribution in [3.05, 3.63) is 69.7 Å². The minimum Gasteiger partial charge on any atom is -0.490 e. The zero-order valence-corrected chi connectivity index (χ0v) is 13.4. The van der Waals surface area contributed by atoms with Crippen molar-refractivity contribution in [3.8, 4) is 5.75 Å². The summed E-state index contributed by atoms with van der Waals surface area (Å²) in [6.45, 7) is 0.439. The minimum absolute atomic E-state index is 0.126. The van der Waals surface area contributed by atoms with E-state index in [1.165, 1.54) is 0 Å². The van der Waals surface area contributed by atoms with Gasteiger partial charge in [0.15, 0.2) is 0 Å². The number of hydrogen-bond donors (Lipinski definition) is 1. The highest BCUT2D eigenvalue weighted by Gasteiger charge is 2.18. The van der Waals surface area contributed by atoms with E-state index in [2.05, 4.69) is 21.4 Å². The van der Waals surface area contributed by atoms with Crippen LogP contribution >= 0.6 is 27.5 Å². The fourth-order valence-electron chi connectivity index (χ4n) is 1.97. The topological polar surface area (TPSA) is 30.5 Å². The first-order valence-corrected chi connectivity index (χ1v) is 7.65. The maximum atomic E-state index is 5.83. The summed E-state index contributed by atoms with van der Waals surface area (Å²) in [5, 5.41) is 0.693. The predicted octanol–water partition coefficient (Wildman–Crippen LogP) is 4.43. The first-order valence-electron chi connectivity index (χ1n) is 6.48. The quantitative estimate of drug-likeness (QED) is 0.868. The number of hydroxylamine groups is 1. The third kappa shape index (κ3) is 3.79. The molecule has 0 bridgehead atoms. The molecule has 2 aromatic carbocycles. The van der Waals surface area contributed by atoms with Gasteiger partial charge in [-0.1, -0.05) is 39.7 Å². The van der Waals surface area contributed by atoms with Gasteiger partial charge in [-0.05, 0) is 48.0 Å². The Morgan fingerprint density at radius 1 is 1.10 bits per heavy atom. The molecule has 0 saturated heterocycles. The van der Waals surface area contributed by atoms with E-state index in [9.17, 15) is 0 Å². The molecule has 21 heavy (non-hydrogen) atoms. The summed E-state index contributed by atoms with van der Waals surface area (Å²) in [6, 6.07) is 15.3. The van der Waals surface area contributed by atoms with Crippen molar-refractivity contribution in [3.63, 3.8) is 0 Å². The third-order valence-electron chi connectivity index (χ3n) is 3.06. The molecule has 1 heterocycles. The average Bonchev–Trinajstić information content (AvgIpc) is 2.96. The van der Waals surface area contributed by atoms with Crippen molar-refractivity contribution >= 4 is 33.2 Å². The Balaban J connectivity index is 1.60. The molecule has 3 rings (SSSR count). The summed E-state index contributed by atoms with van der Waals surface area (Å²) in [7, 11) is 0. The van der Waals surface area contributed by atoms with Gasteiger partial charge in [0.05, 0.1) is 5.70 Å². The zero-order chi connectivity index (χ0) is 14.7. The van der Waals surface area contributed by atoms with Gasteiger partial charge < -0.3 is 4.74 Å². The molecule has 0 saturated carbocycles. The summed E-state index contributed by atoms with van der Waals surface area (Å²) in [4.78, 5) is 5.49. The SMILES string of the molecule is Clc1ccc(OC[C@@H]2C=C(c3ccc(Br)cc3)NO2)cc1. The zero-order valence-electron chi connectivity index (χ0n) is 11.1. The van der Waals surface area contributed by atoms with Crippen LogP contribution in [0.25, 0.3) is 5.70 Å². The fourth-order valence-corrected chi connectivity index (χ4v) is 2.36. The van der Waals surface area contributed by atoms with E-state index in [-0.39, 0.29) is 6.10 Å². The molecule has 0 radical (unpaired) electrons. The summed E-state index contributed by atoms with van der Waals surface area (Å²) in [5.74, 6) is 0.772. The first-order chi connectivity index (χ1) is 10.2. The molecule has 0 fully saturated rings. The number of halogens is 2. The molecule has 3 nitrogen and oxygen atoms in total. The van der Waals surface area contributed by atoms with Crippen LogP contribution in [0.2, 0.25) is 5.02 Å². The Morgan fingerprint density at radius 3 is 2.52 bits per heavy atom. The molecule has 1 N–H and O–H groups in total. The fraction of sp³-hybridized carbons (Fsp3) is 0.125. The monoisotopic (exact) mass is 365 g/mol. The molecular formula is C16H13BrClNO2. The Morgan fingerprint density at radius 2 is 1.81 bits per heavy atom. The van der Waals surface area contributed by atoms with Crippen LogP contribution in [0.4, 0.5) is 0 Å². The summed E-state index contributed by atoms with van der Waals surface area (Å²) < 4.78 is 6.72. The Kier molecular flexibility index (Phi) is 4.48. The van der Waals surface area contributed by atoms with Gasteiger partial charge in [0.2, 0.25) is 0 Å². The molecule has 1 aliphatic heterocycles. The number of rotatable bonds is 4. The van der Waals surface area contributed by atoms with Gasteiger partial charge in [0, 0.05) is 9.50 Å². The van der Waals surface area contributed by atoms with E-state index in [4.69, 9.17) is 21.2 Å². The number of hydrogen-bond acceptors (Lipinski definition) is 3. The summed E-state index contributed by atoms with van der Waals surface area (Å²) in [5.41, 5.74) is 4.96. The molecule has 1 aliphatic rings. The second-order valence-electron chi connectivity index (χ2n) is 4.61.